The number of methoxy groups -OCH3 is 2. The third kappa shape index (κ3) is 3.38. The molecule has 9 heteroatoms. The molecule has 2 fully saturated rings. The molecule has 180 valence electrons. The van der Waals surface area contributed by atoms with Crippen LogP contribution in [0.4, 0.5) is 5.69 Å². The number of hydrogen-bond donors (Lipinski definition) is 3. The van der Waals surface area contributed by atoms with Gasteiger partial charge in [0.25, 0.3) is 0 Å². The SMILES string of the molecule is COc1ccccc1N1C(=O)[C@H]2[C@@H](C1=O)[C@](CC(C)C)(C(=O)O)N[C@H]2c1cccc(OC)c1O. The Morgan fingerprint density at radius 3 is 2.32 bits per heavy atom. The Balaban J connectivity index is 1.92. The molecule has 2 amide bonds. The fourth-order valence-corrected chi connectivity index (χ4v) is 5.39. The van der Waals surface area contributed by atoms with Gasteiger partial charge in [-0.25, -0.2) is 4.90 Å². The molecule has 2 saturated heterocycles. The van der Waals surface area contributed by atoms with E-state index in [2.05, 4.69) is 5.32 Å². The normalized spacial score (nSPS) is 26.1. The van der Waals surface area contributed by atoms with E-state index in [4.69, 9.17) is 9.47 Å². The highest BCUT2D eigenvalue weighted by molar-refractivity contribution is 6.24. The van der Waals surface area contributed by atoms with Crippen molar-refractivity contribution in [3.05, 3.63) is 48.0 Å². The van der Waals surface area contributed by atoms with Gasteiger partial charge in [0, 0.05) is 11.6 Å². The predicted molar refractivity (Wildman–Crippen MR) is 123 cm³/mol. The van der Waals surface area contributed by atoms with Crippen molar-refractivity contribution in [1.29, 1.82) is 0 Å². The number of ether oxygens (including phenoxy) is 2. The second kappa shape index (κ2) is 8.64. The van der Waals surface area contributed by atoms with E-state index >= 15 is 0 Å². The van der Waals surface area contributed by atoms with Crippen LogP contribution in [0.5, 0.6) is 17.2 Å². The molecule has 0 bridgehead atoms. The average Bonchev–Trinajstić information content (AvgIpc) is 3.27. The second-order valence-electron chi connectivity index (χ2n) is 9.08. The Kier molecular flexibility index (Phi) is 5.99. The number of hydrogen-bond acceptors (Lipinski definition) is 7. The van der Waals surface area contributed by atoms with Crippen molar-refractivity contribution in [2.75, 3.05) is 19.1 Å². The number of benzene rings is 2. The lowest BCUT2D eigenvalue weighted by molar-refractivity contribution is -0.149. The maximum Gasteiger partial charge on any atom is 0.324 e. The van der Waals surface area contributed by atoms with Crippen LogP contribution < -0.4 is 19.7 Å². The lowest BCUT2D eigenvalue weighted by Gasteiger charge is -2.32. The first-order valence-corrected chi connectivity index (χ1v) is 11.1. The van der Waals surface area contributed by atoms with E-state index in [1.54, 1.807) is 42.5 Å². The number of carbonyl (C=O) groups is 3. The molecule has 4 atom stereocenters. The van der Waals surface area contributed by atoms with E-state index in [-0.39, 0.29) is 29.5 Å². The topological polar surface area (TPSA) is 125 Å². The van der Waals surface area contributed by atoms with Crippen LogP contribution in [0.25, 0.3) is 0 Å². The van der Waals surface area contributed by atoms with Crippen molar-refractivity contribution in [3.63, 3.8) is 0 Å². The van der Waals surface area contributed by atoms with Crippen LogP contribution in [0.1, 0.15) is 31.9 Å². The zero-order chi connectivity index (χ0) is 24.8. The lowest BCUT2D eigenvalue weighted by Crippen LogP contribution is -2.56. The molecule has 34 heavy (non-hydrogen) atoms. The fraction of sp³-hybridized carbons (Fsp3) is 0.400. The molecule has 0 saturated carbocycles. The second-order valence-corrected chi connectivity index (χ2v) is 9.08. The smallest absolute Gasteiger partial charge is 0.324 e. The van der Waals surface area contributed by atoms with Crippen LogP contribution in [0.15, 0.2) is 42.5 Å². The van der Waals surface area contributed by atoms with E-state index < -0.39 is 41.2 Å². The van der Waals surface area contributed by atoms with Gasteiger partial charge in [0.15, 0.2) is 11.5 Å². The van der Waals surface area contributed by atoms with Crippen molar-refractivity contribution in [3.8, 4) is 17.2 Å². The number of amides is 2. The number of carbonyl (C=O) groups excluding carboxylic acids is 2. The Morgan fingerprint density at radius 2 is 1.71 bits per heavy atom. The van der Waals surface area contributed by atoms with Crippen molar-refractivity contribution >= 4 is 23.5 Å². The minimum atomic E-state index is -1.71. The molecule has 9 nitrogen and oxygen atoms in total. The first-order chi connectivity index (χ1) is 16.2. The maximum absolute atomic E-state index is 13.8. The summed E-state index contributed by atoms with van der Waals surface area (Å²) in [6.07, 6.45) is 0.115. The molecule has 4 rings (SSSR count). The third-order valence-electron chi connectivity index (χ3n) is 6.68. The van der Waals surface area contributed by atoms with E-state index in [0.29, 0.717) is 11.3 Å². The number of aliphatic carboxylic acids is 1. The number of nitrogens with zero attached hydrogens (tertiary/aromatic N) is 1. The molecular weight excluding hydrogens is 440 g/mol. The molecule has 0 radical (unpaired) electrons. The average molecular weight is 469 g/mol. The molecule has 2 aromatic carbocycles. The number of rotatable bonds is 7. The minimum Gasteiger partial charge on any atom is -0.504 e. The third-order valence-corrected chi connectivity index (χ3v) is 6.68. The summed E-state index contributed by atoms with van der Waals surface area (Å²) in [5.41, 5.74) is -1.15. The van der Waals surface area contributed by atoms with Gasteiger partial charge in [-0.2, -0.15) is 0 Å². The number of imide groups is 1. The van der Waals surface area contributed by atoms with E-state index in [9.17, 15) is 24.6 Å². The van der Waals surface area contributed by atoms with Crippen LogP contribution in [-0.2, 0) is 14.4 Å². The number of phenols is 1. The van der Waals surface area contributed by atoms with Crippen LogP contribution in [-0.4, -0.2) is 47.8 Å². The number of phenolic OH excluding ortho intramolecular Hbond substituents is 1. The van der Waals surface area contributed by atoms with Gasteiger partial charge in [0.05, 0.1) is 31.7 Å². The van der Waals surface area contributed by atoms with E-state index in [0.717, 1.165) is 4.90 Å². The van der Waals surface area contributed by atoms with Gasteiger partial charge in [-0.3, -0.25) is 19.7 Å². The van der Waals surface area contributed by atoms with Gasteiger partial charge in [-0.05, 0) is 30.5 Å². The zero-order valence-corrected chi connectivity index (χ0v) is 19.4. The molecule has 0 unspecified atom stereocenters. The molecule has 0 aliphatic carbocycles. The first-order valence-electron chi connectivity index (χ1n) is 11.1. The van der Waals surface area contributed by atoms with Crippen LogP contribution in [0.3, 0.4) is 0 Å². The first kappa shape index (κ1) is 23.6. The quantitative estimate of drug-likeness (QED) is 0.530. The van der Waals surface area contributed by atoms with Crippen LogP contribution in [0.2, 0.25) is 0 Å². The van der Waals surface area contributed by atoms with Crippen molar-refractivity contribution < 1.29 is 34.1 Å². The standard InChI is InChI=1S/C25H28N2O7/c1-13(2)12-25(24(31)32)19-18(20(26-25)14-8-7-11-17(34-4)21(14)28)22(29)27(23(19)30)15-9-5-6-10-16(15)33-3/h5-11,13,18-20,26,28H,12H2,1-4H3,(H,31,32)/t18-,19-,20-,25+/m0/s1. The zero-order valence-electron chi connectivity index (χ0n) is 19.4. The largest absolute Gasteiger partial charge is 0.504 e. The summed E-state index contributed by atoms with van der Waals surface area (Å²) in [6, 6.07) is 10.5. The Bertz CT molecular complexity index is 1150. The summed E-state index contributed by atoms with van der Waals surface area (Å²) < 4.78 is 10.6. The van der Waals surface area contributed by atoms with Crippen molar-refractivity contribution in [2.24, 2.45) is 17.8 Å². The Hall–Kier alpha value is -3.59. The van der Waals surface area contributed by atoms with Gasteiger partial charge in [-0.1, -0.05) is 38.1 Å². The Labute approximate surface area is 197 Å². The highest BCUT2D eigenvalue weighted by Gasteiger charge is 2.69. The van der Waals surface area contributed by atoms with Crippen molar-refractivity contribution in [1.82, 2.24) is 5.32 Å². The van der Waals surface area contributed by atoms with Gasteiger partial charge in [-0.15, -0.1) is 0 Å². The fourth-order valence-electron chi connectivity index (χ4n) is 5.39. The van der Waals surface area contributed by atoms with E-state index in [1.165, 1.54) is 14.2 Å². The highest BCUT2D eigenvalue weighted by atomic mass is 16.5. The van der Waals surface area contributed by atoms with Gasteiger partial charge >= 0.3 is 5.97 Å². The number of aromatic hydroxyl groups is 1. The van der Waals surface area contributed by atoms with Gasteiger partial charge in [0.1, 0.15) is 11.3 Å². The molecule has 2 aromatic rings. The summed E-state index contributed by atoms with van der Waals surface area (Å²) in [7, 11) is 2.83. The number of para-hydroxylation sites is 3. The molecule has 2 heterocycles. The number of carboxylic acid groups (broad SMARTS) is 1. The number of fused-ring (bicyclic) bond motifs is 1. The van der Waals surface area contributed by atoms with E-state index in [1.807, 2.05) is 13.8 Å². The van der Waals surface area contributed by atoms with Crippen molar-refractivity contribution in [2.45, 2.75) is 31.8 Å². The summed E-state index contributed by atoms with van der Waals surface area (Å²) >= 11 is 0. The monoisotopic (exact) mass is 468 g/mol. The molecule has 2 aliphatic rings. The summed E-state index contributed by atoms with van der Waals surface area (Å²) in [5.74, 6) is -4.40. The number of nitrogens with one attached hydrogen (secondary N) is 1. The maximum atomic E-state index is 13.8. The highest BCUT2D eigenvalue weighted by Crippen LogP contribution is 2.54. The van der Waals surface area contributed by atoms with Crippen LogP contribution in [0, 0.1) is 17.8 Å². The summed E-state index contributed by atoms with van der Waals surface area (Å²) in [6.45, 7) is 3.72. The Morgan fingerprint density at radius 1 is 1.06 bits per heavy atom. The predicted octanol–water partition coefficient (Wildman–Crippen LogP) is 2.73. The van der Waals surface area contributed by atoms with Gasteiger partial charge < -0.3 is 19.7 Å². The molecule has 3 N–H and O–H groups in total. The molecule has 0 spiro atoms. The number of anilines is 1. The molecule has 2 aliphatic heterocycles. The summed E-state index contributed by atoms with van der Waals surface area (Å²) in [5, 5.41) is 24.3. The summed E-state index contributed by atoms with van der Waals surface area (Å²) in [4.78, 5) is 41.4. The lowest BCUT2D eigenvalue weighted by atomic mass is 9.75. The number of carboxylic acids is 1. The molecule has 0 aromatic heterocycles. The molecular formula is C25H28N2O7. The van der Waals surface area contributed by atoms with Crippen LogP contribution >= 0.6 is 0 Å². The van der Waals surface area contributed by atoms with Gasteiger partial charge in [0.2, 0.25) is 11.8 Å². The minimum absolute atomic E-state index is 0.0925.